The predicted molar refractivity (Wildman–Crippen MR) is 56.6 cm³/mol. The highest BCUT2D eigenvalue weighted by Crippen LogP contribution is 2.19. The van der Waals surface area contributed by atoms with Crippen LogP contribution in [0.2, 0.25) is 0 Å². The van der Waals surface area contributed by atoms with Gasteiger partial charge in [-0.25, -0.2) is 9.18 Å². The zero-order valence-electron chi connectivity index (χ0n) is 8.22. The molecule has 0 aliphatic rings. The Morgan fingerprint density at radius 1 is 1.12 bits per heavy atom. The fraction of sp³-hybridized carbons (Fsp3) is 0. The van der Waals surface area contributed by atoms with Crippen LogP contribution in [0.15, 0.2) is 42.7 Å². The summed E-state index contributed by atoms with van der Waals surface area (Å²) in [5.41, 5.74) is 1.50. The van der Waals surface area contributed by atoms with Crippen molar-refractivity contribution < 1.29 is 14.3 Å². The summed E-state index contributed by atoms with van der Waals surface area (Å²) >= 11 is 0. The fourth-order valence-corrected chi connectivity index (χ4v) is 1.36. The highest BCUT2D eigenvalue weighted by atomic mass is 19.1. The third kappa shape index (κ3) is 2.06. The number of carbonyl (C=O) groups is 1. The molecule has 0 saturated heterocycles. The second-order valence-electron chi connectivity index (χ2n) is 3.27. The van der Waals surface area contributed by atoms with E-state index >= 15 is 0 Å². The molecule has 1 aromatic carbocycles. The number of aromatic carboxylic acids is 1. The van der Waals surface area contributed by atoms with Crippen molar-refractivity contribution in [3.63, 3.8) is 0 Å². The molecule has 0 amide bonds. The lowest BCUT2D eigenvalue weighted by atomic mass is 10.1. The lowest BCUT2D eigenvalue weighted by Gasteiger charge is -2.01. The van der Waals surface area contributed by atoms with Crippen molar-refractivity contribution >= 4 is 5.97 Å². The van der Waals surface area contributed by atoms with Gasteiger partial charge in [0.05, 0.1) is 5.56 Å². The van der Waals surface area contributed by atoms with Crippen LogP contribution in [0.5, 0.6) is 0 Å². The predicted octanol–water partition coefficient (Wildman–Crippen LogP) is 2.59. The summed E-state index contributed by atoms with van der Waals surface area (Å²) in [5, 5.41) is 8.80. The molecule has 0 bridgehead atoms. The minimum Gasteiger partial charge on any atom is -0.478 e. The molecule has 1 heterocycles. The lowest BCUT2D eigenvalue weighted by Crippen LogP contribution is -1.97. The average molecular weight is 217 g/mol. The van der Waals surface area contributed by atoms with Crippen molar-refractivity contribution in [1.82, 2.24) is 4.98 Å². The normalized spacial score (nSPS) is 10.1. The molecule has 0 aliphatic heterocycles. The molecule has 0 saturated carbocycles. The molecule has 2 aromatic rings. The van der Waals surface area contributed by atoms with Gasteiger partial charge in [-0.2, -0.15) is 0 Å². The van der Waals surface area contributed by atoms with Crippen molar-refractivity contribution in [3.05, 3.63) is 54.1 Å². The molecule has 0 aliphatic carbocycles. The first-order chi connectivity index (χ1) is 7.66. The Kier molecular flexibility index (Phi) is 2.64. The van der Waals surface area contributed by atoms with Gasteiger partial charge >= 0.3 is 5.97 Å². The van der Waals surface area contributed by atoms with Gasteiger partial charge in [0.1, 0.15) is 5.82 Å². The Bertz CT molecular complexity index is 523. The largest absolute Gasteiger partial charge is 0.478 e. The third-order valence-corrected chi connectivity index (χ3v) is 2.16. The summed E-state index contributed by atoms with van der Waals surface area (Å²) in [7, 11) is 0. The molecule has 3 nitrogen and oxygen atoms in total. The summed E-state index contributed by atoms with van der Waals surface area (Å²) in [6, 6.07) is 7.31. The van der Waals surface area contributed by atoms with Crippen molar-refractivity contribution in [3.8, 4) is 11.1 Å². The molecule has 2 rings (SSSR count). The van der Waals surface area contributed by atoms with Gasteiger partial charge in [-0.05, 0) is 23.8 Å². The van der Waals surface area contributed by atoms with Crippen LogP contribution in [-0.2, 0) is 0 Å². The minimum absolute atomic E-state index is 0.113. The summed E-state index contributed by atoms with van der Waals surface area (Å²) < 4.78 is 12.7. The molecule has 1 aromatic heterocycles. The number of halogens is 1. The number of carboxylic acid groups (broad SMARTS) is 1. The van der Waals surface area contributed by atoms with E-state index in [1.54, 1.807) is 18.3 Å². The van der Waals surface area contributed by atoms with E-state index in [1.165, 1.54) is 24.4 Å². The Hall–Kier alpha value is -2.23. The molecule has 0 radical (unpaired) electrons. The molecule has 1 N–H and O–H groups in total. The zero-order valence-corrected chi connectivity index (χ0v) is 8.22. The van der Waals surface area contributed by atoms with Gasteiger partial charge in [-0.15, -0.1) is 0 Å². The number of rotatable bonds is 2. The Labute approximate surface area is 91.2 Å². The third-order valence-electron chi connectivity index (χ3n) is 2.16. The van der Waals surface area contributed by atoms with Crippen LogP contribution in [0.25, 0.3) is 11.1 Å². The van der Waals surface area contributed by atoms with Crippen molar-refractivity contribution in [2.75, 3.05) is 0 Å². The van der Waals surface area contributed by atoms with E-state index in [1.807, 2.05) is 0 Å². The molecule has 0 unspecified atom stereocenters. The zero-order chi connectivity index (χ0) is 11.5. The van der Waals surface area contributed by atoms with Crippen LogP contribution >= 0.6 is 0 Å². The smallest absolute Gasteiger partial charge is 0.337 e. The number of carboxylic acids is 1. The van der Waals surface area contributed by atoms with E-state index in [2.05, 4.69) is 4.98 Å². The number of aromatic nitrogens is 1. The van der Waals surface area contributed by atoms with Gasteiger partial charge in [-0.3, -0.25) is 4.98 Å². The maximum absolute atomic E-state index is 12.7. The van der Waals surface area contributed by atoms with Gasteiger partial charge < -0.3 is 5.11 Å². The van der Waals surface area contributed by atoms with Crippen LogP contribution in [0.1, 0.15) is 10.4 Å². The molecule has 16 heavy (non-hydrogen) atoms. The van der Waals surface area contributed by atoms with E-state index < -0.39 is 5.97 Å². The molecule has 0 spiro atoms. The molecule has 0 fully saturated rings. The lowest BCUT2D eigenvalue weighted by molar-refractivity contribution is 0.0696. The van der Waals surface area contributed by atoms with Crippen LogP contribution < -0.4 is 0 Å². The summed E-state index contributed by atoms with van der Waals surface area (Å²) in [6.45, 7) is 0. The summed E-state index contributed by atoms with van der Waals surface area (Å²) in [4.78, 5) is 14.6. The number of nitrogens with zero attached hydrogens (tertiary/aromatic N) is 1. The second kappa shape index (κ2) is 4.10. The van der Waals surface area contributed by atoms with Gasteiger partial charge in [0.25, 0.3) is 0 Å². The molecule has 80 valence electrons. The monoisotopic (exact) mass is 217 g/mol. The molecule has 0 atom stereocenters. The van der Waals surface area contributed by atoms with Crippen LogP contribution in [0.4, 0.5) is 4.39 Å². The van der Waals surface area contributed by atoms with E-state index in [0.29, 0.717) is 5.56 Å². The van der Waals surface area contributed by atoms with Crippen LogP contribution in [0, 0.1) is 5.82 Å². The van der Waals surface area contributed by atoms with Crippen molar-refractivity contribution in [2.45, 2.75) is 0 Å². The molecular weight excluding hydrogens is 209 g/mol. The Morgan fingerprint density at radius 3 is 2.44 bits per heavy atom. The molecular formula is C12H8FNO2. The Morgan fingerprint density at radius 2 is 1.81 bits per heavy atom. The van der Waals surface area contributed by atoms with Crippen molar-refractivity contribution in [1.29, 1.82) is 0 Å². The van der Waals surface area contributed by atoms with Crippen molar-refractivity contribution in [2.24, 2.45) is 0 Å². The first-order valence-corrected chi connectivity index (χ1v) is 4.61. The van der Waals surface area contributed by atoms with Crippen LogP contribution in [0.3, 0.4) is 0 Å². The standard InChI is InChI=1S/C12H8FNO2/c13-11-3-1-8(2-4-11)9-5-10(12(15)16)7-14-6-9/h1-7H,(H,15,16). The van der Waals surface area contributed by atoms with E-state index in [0.717, 1.165) is 5.56 Å². The van der Waals surface area contributed by atoms with E-state index in [9.17, 15) is 9.18 Å². The van der Waals surface area contributed by atoms with E-state index in [4.69, 9.17) is 5.11 Å². The fourth-order valence-electron chi connectivity index (χ4n) is 1.36. The number of hydrogen-bond acceptors (Lipinski definition) is 2. The maximum Gasteiger partial charge on any atom is 0.337 e. The SMILES string of the molecule is O=C(O)c1cncc(-c2ccc(F)cc2)c1. The highest BCUT2D eigenvalue weighted by Gasteiger charge is 2.05. The second-order valence-corrected chi connectivity index (χ2v) is 3.27. The molecule has 4 heteroatoms. The van der Waals surface area contributed by atoms with Gasteiger partial charge in [0.15, 0.2) is 0 Å². The topological polar surface area (TPSA) is 50.2 Å². The highest BCUT2D eigenvalue weighted by molar-refractivity contribution is 5.88. The number of pyridine rings is 1. The van der Waals surface area contributed by atoms with E-state index in [-0.39, 0.29) is 11.4 Å². The van der Waals surface area contributed by atoms with Gasteiger partial charge in [-0.1, -0.05) is 12.1 Å². The Balaban J connectivity index is 2.44. The summed E-state index contributed by atoms with van der Waals surface area (Å²) in [5.74, 6) is -1.36. The maximum atomic E-state index is 12.7. The quantitative estimate of drug-likeness (QED) is 0.841. The number of hydrogen-bond donors (Lipinski definition) is 1. The van der Waals surface area contributed by atoms with Crippen LogP contribution in [-0.4, -0.2) is 16.1 Å². The van der Waals surface area contributed by atoms with Gasteiger partial charge in [0, 0.05) is 18.0 Å². The number of benzene rings is 1. The first-order valence-electron chi connectivity index (χ1n) is 4.61. The average Bonchev–Trinajstić information content (AvgIpc) is 2.30. The van der Waals surface area contributed by atoms with Gasteiger partial charge in [0.2, 0.25) is 0 Å². The first kappa shape index (κ1) is 10.3. The minimum atomic E-state index is -1.03. The summed E-state index contributed by atoms with van der Waals surface area (Å²) in [6.07, 6.45) is 2.81.